The van der Waals surface area contributed by atoms with Crippen LogP contribution in [0.1, 0.15) is 36.5 Å². The second kappa shape index (κ2) is 4.98. The van der Waals surface area contributed by atoms with E-state index in [1.807, 2.05) is 0 Å². The molecule has 0 radical (unpaired) electrons. The highest BCUT2D eigenvalue weighted by Gasteiger charge is 2.36. The molecule has 0 unspecified atom stereocenters. The van der Waals surface area contributed by atoms with Crippen molar-refractivity contribution in [3.8, 4) is 0 Å². The summed E-state index contributed by atoms with van der Waals surface area (Å²) in [6.07, 6.45) is 5.57. The summed E-state index contributed by atoms with van der Waals surface area (Å²) in [5.41, 5.74) is 6.00. The Hall–Kier alpha value is -1.20. The van der Waals surface area contributed by atoms with Gasteiger partial charge in [-0.3, -0.25) is 9.48 Å². The fourth-order valence-corrected chi connectivity index (χ4v) is 2.08. The van der Waals surface area contributed by atoms with Crippen molar-refractivity contribution in [2.24, 2.45) is 5.73 Å². The second-order valence-corrected chi connectivity index (χ2v) is 4.59. The second-order valence-electron chi connectivity index (χ2n) is 4.59. The zero-order valence-electron chi connectivity index (χ0n) is 10.2. The van der Waals surface area contributed by atoms with Crippen molar-refractivity contribution in [3.05, 3.63) is 18.0 Å². The van der Waals surface area contributed by atoms with Gasteiger partial charge in [-0.2, -0.15) is 5.10 Å². The first-order valence-corrected chi connectivity index (χ1v) is 6.09. The van der Waals surface area contributed by atoms with Crippen LogP contribution < -0.4 is 5.73 Å². The molecule has 0 amide bonds. The molecular weight excluding hydrogens is 218 g/mol. The maximum absolute atomic E-state index is 12.3. The smallest absolute Gasteiger partial charge is 0.185 e. The number of hydrogen-bond acceptors (Lipinski definition) is 4. The van der Waals surface area contributed by atoms with E-state index in [9.17, 15) is 4.79 Å². The van der Waals surface area contributed by atoms with Crippen LogP contribution in [0.25, 0.3) is 0 Å². The number of ketones is 1. The van der Waals surface area contributed by atoms with E-state index in [0.717, 1.165) is 13.0 Å². The molecule has 0 aliphatic carbocycles. The van der Waals surface area contributed by atoms with Crippen molar-refractivity contribution in [1.29, 1.82) is 0 Å². The van der Waals surface area contributed by atoms with E-state index in [4.69, 9.17) is 10.5 Å². The topological polar surface area (TPSA) is 70.1 Å². The summed E-state index contributed by atoms with van der Waals surface area (Å²) in [5, 5.41) is 4.16. The first-order valence-electron chi connectivity index (χ1n) is 6.09. The third-order valence-electron chi connectivity index (χ3n) is 3.19. The Morgan fingerprint density at radius 2 is 2.29 bits per heavy atom. The van der Waals surface area contributed by atoms with Crippen LogP contribution in [-0.2, 0) is 11.3 Å². The lowest BCUT2D eigenvalue weighted by Crippen LogP contribution is -2.51. The number of ether oxygens (including phenoxy) is 1. The number of rotatable bonds is 4. The molecule has 1 aliphatic heterocycles. The lowest BCUT2D eigenvalue weighted by Gasteiger charge is -2.31. The number of aromatic nitrogens is 2. The summed E-state index contributed by atoms with van der Waals surface area (Å²) in [6, 6.07) is 0. The van der Waals surface area contributed by atoms with Gasteiger partial charge >= 0.3 is 0 Å². The summed E-state index contributed by atoms with van der Waals surface area (Å²) in [7, 11) is 0. The predicted molar refractivity (Wildman–Crippen MR) is 63.8 cm³/mol. The van der Waals surface area contributed by atoms with E-state index < -0.39 is 5.54 Å². The Bertz CT molecular complexity index is 394. The summed E-state index contributed by atoms with van der Waals surface area (Å²) >= 11 is 0. The van der Waals surface area contributed by atoms with Gasteiger partial charge in [-0.15, -0.1) is 0 Å². The molecule has 1 aromatic heterocycles. The molecule has 94 valence electrons. The Labute approximate surface area is 101 Å². The molecule has 0 bridgehead atoms. The molecule has 1 aromatic rings. The zero-order chi connectivity index (χ0) is 12.3. The van der Waals surface area contributed by atoms with Crippen LogP contribution in [0.5, 0.6) is 0 Å². The lowest BCUT2D eigenvalue weighted by molar-refractivity contribution is 0.0448. The van der Waals surface area contributed by atoms with Crippen molar-refractivity contribution in [1.82, 2.24) is 9.78 Å². The van der Waals surface area contributed by atoms with Crippen LogP contribution in [0.2, 0.25) is 0 Å². The van der Waals surface area contributed by atoms with Crippen LogP contribution in [0.4, 0.5) is 0 Å². The molecule has 5 nitrogen and oxygen atoms in total. The van der Waals surface area contributed by atoms with Crippen molar-refractivity contribution in [2.75, 3.05) is 13.2 Å². The van der Waals surface area contributed by atoms with Crippen LogP contribution in [0.3, 0.4) is 0 Å². The molecule has 1 aliphatic rings. The molecule has 1 fully saturated rings. The van der Waals surface area contributed by atoms with Gasteiger partial charge < -0.3 is 10.5 Å². The molecular formula is C12H19N3O2. The molecule has 0 atom stereocenters. The van der Waals surface area contributed by atoms with Gasteiger partial charge in [-0.05, 0) is 19.3 Å². The Kier molecular flexibility index (Phi) is 3.59. The summed E-state index contributed by atoms with van der Waals surface area (Å²) in [5.74, 6) is -0.0110. The van der Waals surface area contributed by atoms with Crippen molar-refractivity contribution in [2.45, 2.75) is 38.3 Å². The fourth-order valence-electron chi connectivity index (χ4n) is 2.08. The number of nitrogens with two attached hydrogens (primary N) is 1. The van der Waals surface area contributed by atoms with E-state index >= 15 is 0 Å². The SMILES string of the molecule is CCCn1cc(C(=O)C2(N)CCOCC2)cn1. The maximum Gasteiger partial charge on any atom is 0.185 e. The minimum Gasteiger partial charge on any atom is -0.381 e. The standard InChI is InChI=1S/C12H19N3O2/c1-2-5-15-9-10(8-14-15)11(16)12(13)3-6-17-7-4-12/h8-9H,2-7,13H2,1H3. The Morgan fingerprint density at radius 3 is 2.94 bits per heavy atom. The minimum absolute atomic E-state index is 0.0110. The van der Waals surface area contributed by atoms with E-state index in [-0.39, 0.29) is 5.78 Å². The molecule has 0 saturated carbocycles. The molecule has 0 spiro atoms. The fraction of sp³-hybridized carbons (Fsp3) is 0.667. The summed E-state index contributed by atoms with van der Waals surface area (Å²) in [6.45, 7) is 4.02. The number of carbonyl (C=O) groups excluding carboxylic acids is 1. The molecule has 1 saturated heterocycles. The zero-order valence-corrected chi connectivity index (χ0v) is 10.2. The monoisotopic (exact) mass is 237 g/mol. The Balaban J connectivity index is 2.12. The molecule has 2 N–H and O–H groups in total. The van der Waals surface area contributed by atoms with Crippen LogP contribution >= 0.6 is 0 Å². The van der Waals surface area contributed by atoms with E-state index in [1.165, 1.54) is 0 Å². The normalized spacial score (nSPS) is 19.2. The van der Waals surface area contributed by atoms with Crippen LogP contribution in [0, 0.1) is 0 Å². The van der Waals surface area contributed by atoms with Crippen molar-refractivity contribution >= 4 is 5.78 Å². The molecule has 17 heavy (non-hydrogen) atoms. The van der Waals surface area contributed by atoms with Gasteiger partial charge in [-0.1, -0.05) is 6.92 Å². The average Bonchev–Trinajstić information content (AvgIpc) is 2.78. The van der Waals surface area contributed by atoms with Gasteiger partial charge in [0.15, 0.2) is 5.78 Å². The molecule has 5 heteroatoms. The number of carbonyl (C=O) groups is 1. The number of Topliss-reactive ketones (excluding diaryl/α,β-unsaturated/α-hetero) is 1. The minimum atomic E-state index is -0.766. The number of nitrogens with zero attached hydrogens (tertiary/aromatic N) is 2. The third kappa shape index (κ3) is 2.56. The molecule has 0 aromatic carbocycles. The quantitative estimate of drug-likeness (QED) is 0.793. The van der Waals surface area contributed by atoms with Gasteiger partial charge in [0, 0.05) is 26.0 Å². The van der Waals surface area contributed by atoms with Gasteiger partial charge in [-0.25, -0.2) is 0 Å². The lowest BCUT2D eigenvalue weighted by atomic mass is 9.84. The van der Waals surface area contributed by atoms with E-state index in [0.29, 0.717) is 31.6 Å². The number of aryl methyl sites for hydroxylation is 1. The van der Waals surface area contributed by atoms with Crippen LogP contribution in [-0.4, -0.2) is 34.3 Å². The first-order chi connectivity index (χ1) is 8.15. The first kappa shape index (κ1) is 12.3. The molecule has 2 heterocycles. The van der Waals surface area contributed by atoms with Gasteiger partial charge in [0.25, 0.3) is 0 Å². The molecule has 2 rings (SSSR count). The van der Waals surface area contributed by atoms with Crippen LogP contribution in [0.15, 0.2) is 12.4 Å². The van der Waals surface area contributed by atoms with Crippen molar-refractivity contribution < 1.29 is 9.53 Å². The number of hydrogen-bond donors (Lipinski definition) is 1. The van der Waals surface area contributed by atoms with E-state index in [2.05, 4.69) is 12.0 Å². The highest BCUT2D eigenvalue weighted by Crippen LogP contribution is 2.22. The van der Waals surface area contributed by atoms with Gasteiger partial charge in [0.05, 0.1) is 17.3 Å². The highest BCUT2D eigenvalue weighted by molar-refractivity contribution is 6.02. The average molecular weight is 237 g/mol. The van der Waals surface area contributed by atoms with Gasteiger partial charge in [0.2, 0.25) is 0 Å². The largest absolute Gasteiger partial charge is 0.381 e. The Morgan fingerprint density at radius 1 is 1.59 bits per heavy atom. The highest BCUT2D eigenvalue weighted by atomic mass is 16.5. The van der Waals surface area contributed by atoms with Crippen molar-refractivity contribution in [3.63, 3.8) is 0 Å². The summed E-state index contributed by atoms with van der Waals surface area (Å²) in [4.78, 5) is 12.3. The summed E-state index contributed by atoms with van der Waals surface area (Å²) < 4.78 is 7.03. The van der Waals surface area contributed by atoms with E-state index in [1.54, 1.807) is 17.1 Å². The maximum atomic E-state index is 12.3. The van der Waals surface area contributed by atoms with Gasteiger partial charge in [0.1, 0.15) is 0 Å². The predicted octanol–water partition coefficient (Wildman–Crippen LogP) is 0.984. The third-order valence-corrected chi connectivity index (χ3v) is 3.19.